The van der Waals surface area contributed by atoms with Crippen LogP contribution in [0.25, 0.3) is 0 Å². The number of benzene rings is 2. The van der Waals surface area contributed by atoms with Crippen LogP contribution in [0.15, 0.2) is 60.7 Å². The fraction of sp³-hybridized carbons (Fsp3) is 0.417. The number of amides is 3. The molecule has 2 fully saturated rings. The van der Waals surface area contributed by atoms with E-state index in [4.69, 9.17) is 0 Å². The summed E-state index contributed by atoms with van der Waals surface area (Å²) in [7, 11) is 0. The number of hydrogen-bond acceptors (Lipinski definition) is 2. The third-order valence-electron chi connectivity index (χ3n) is 6.20. The van der Waals surface area contributed by atoms with Crippen molar-refractivity contribution in [2.75, 3.05) is 31.5 Å². The smallest absolute Gasteiger partial charge is 0.321 e. The number of quaternary nitrogens is 1. The standard InChI is InChI=1S/C24H30N4O2/c29-23(25-22-13-14-27(18-22)17-19-7-3-1-4-8-19)20-11-15-28(16-12-20)24(30)26-21-9-5-2-6-10-21/h1-10,20,22H,11-18H2,(H,25,29)(H,26,30)/p+1/t22-/m0/s1. The van der Waals surface area contributed by atoms with Gasteiger partial charge in [0.05, 0.1) is 19.1 Å². The molecule has 0 aromatic heterocycles. The van der Waals surface area contributed by atoms with Crippen molar-refractivity contribution < 1.29 is 14.5 Å². The van der Waals surface area contributed by atoms with E-state index in [9.17, 15) is 9.59 Å². The van der Waals surface area contributed by atoms with Gasteiger partial charge in [-0.3, -0.25) is 4.79 Å². The molecule has 0 radical (unpaired) electrons. The lowest BCUT2D eigenvalue weighted by atomic mass is 9.95. The third kappa shape index (κ3) is 5.39. The minimum atomic E-state index is -0.0870. The molecule has 6 nitrogen and oxygen atoms in total. The molecule has 6 heteroatoms. The molecule has 2 heterocycles. The quantitative estimate of drug-likeness (QED) is 0.709. The zero-order valence-electron chi connectivity index (χ0n) is 17.3. The number of carbonyl (C=O) groups excluding carboxylic acids is 2. The van der Waals surface area contributed by atoms with Crippen molar-refractivity contribution in [3.8, 4) is 0 Å². The van der Waals surface area contributed by atoms with Crippen molar-refractivity contribution in [2.45, 2.75) is 31.8 Å². The summed E-state index contributed by atoms with van der Waals surface area (Å²) in [5.41, 5.74) is 2.15. The van der Waals surface area contributed by atoms with Gasteiger partial charge < -0.3 is 20.4 Å². The van der Waals surface area contributed by atoms with Gasteiger partial charge in [0.25, 0.3) is 0 Å². The summed E-state index contributed by atoms with van der Waals surface area (Å²) in [6.07, 6.45) is 2.48. The number of hydrogen-bond donors (Lipinski definition) is 3. The third-order valence-corrected chi connectivity index (χ3v) is 6.20. The maximum atomic E-state index is 12.7. The molecule has 2 saturated heterocycles. The second-order valence-corrected chi connectivity index (χ2v) is 8.42. The Hall–Kier alpha value is -2.86. The average molecular weight is 408 g/mol. The lowest BCUT2D eigenvalue weighted by Gasteiger charge is -2.31. The molecule has 30 heavy (non-hydrogen) atoms. The molecule has 4 rings (SSSR count). The zero-order valence-corrected chi connectivity index (χ0v) is 17.3. The Labute approximate surface area is 178 Å². The molecular weight excluding hydrogens is 376 g/mol. The highest BCUT2D eigenvalue weighted by atomic mass is 16.2. The van der Waals surface area contributed by atoms with Gasteiger partial charge in [0, 0.05) is 36.7 Å². The van der Waals surface area contributed by atoms with Gasteiger partial charge in [-0.2, -0.15) is 0 Å². The van der Waals surface area contributed by atoms with Crippen LogP contribution in [0.5, 0.6) is 0 Å². The molecule has 158 valence electrons. The van der Waals surface area contributed by atoms with Crippen LogP contribution in [0.2, 0.25) is 0 Å². The predicted octanol–water partition coefficient (Wildman–Crippen LogP) is 1.90. The van der Waals surface area contributed by atoms with Crippen LogP contribution in [0.3, 0.4) is 0 Å². The Kier molecular flexibility index (Phi) is 6.64. The van der Waals surface area contributed by atoms with E-state index < -0.39 is 0 Å². The van der Waals surface area contributed by atoms with Gasteiger partial charge in [-0.05, 0) is 25.0 Å². The Balaban J connectivity index is 1.19. The lowest BCUT2D eigenvalue weighted by molar-refractivity contribution is -0.901. The van der Waals surface area contributed by atoms with Crippen molar-refractivity contribution >= 4 is 17.6 Å². The maximum absolute atomic E-state index is 12.7. The first-order chi connectivity index (χ1) is 14.7. The van der Waals surface area contributed by atoms with Crippen molar-refractivity contribution in [1.29, 1.82) is 0 Å². The molecular formula is C24H31N4O2+. The van der Waals surface area contributed by atoms with E-state index in [0.717, 1.165) is 44.6 Å². The summed E-state index contributed by atoms with van der Waals surface area (Å²) in [6.45, 7) is 4.33. The van der Waals surface area contributed by atoms with Crippen molar-refractivity contribution in [1.82, 2.24) is 10.2 Å². The molecule has 0 saturated carbocycles. The molecule has 3 N–H and O–H groups in total. The van der Waals surface area contributed by atoms with Crippen LogP contribution in [0, 0.1) is 5.92 Å². The number of likely N-dealkylation sites (tertiary alicyclic amines) is 2. The van der Waals surface area contributed by atoms with E-state index in [1.165, 1.54) is 10.5 Å². The van der Waals surface area contributed by atoms with Gasteiger partial charge in [-0.1, -0.05) is 48.5 Å². The summed E-state index contributed by atoms with van der Waals surface area (Å²) in [6, 6.07) is 20.2. The highest BCUT2D eigenvalue weighted by Gasteiger charge is 2.32. The van der Waals surface area contributed by atoms with Crippen molar-refractivity contribution in [2.24, 2.45) is 5.92 Å². The molecule has 2 aliphatic rings. The molecule has 1 unspecified atom stereocenters. The number of rotatable bonds is 5. The number of urea groups is 1. The van der Waals surface area contributed by atoms with E-state index >= 15 is 0 Å². The van der Waals surface area contributed by atoms with E-state index in [-0.39, 0.29) is 23.9 Å². The highest BCUT2D eigenvalue weighted by Crippen LogP contribution is 2.19. The Bertz CT molecular complexity index is 835. The van der Waals surface area contributed by atoms with Crippen LogP contribution in [0.4, 0.5) is 10.5 Å². The van der Waals surface area contributed by atoms with E-state index in [2.05, 4.69) is 34.9 Å². The first-order valence-corrected chi connectivity index (χ1v) is 11.0. The lowest BCUT2D eigenvalue weighted by Crippen LogP contribution is -3.09. The first-order valence-electron chi connectivity index (χ1n) is 11.0. The highest BCUT2D eigenvalue weighted by molar-refractivity contribution is 5.89. The molecule has 2 aromatic carbocycles. The number of nitrogens with one attached hydrogen (secondary N) is 3. The van der Waals surface area contributed by atoms with Crippen LogP contribution in [-0.4, -0.2) is 49.1 Å². The van der Waals surface area contributed by atoms with Crippen molar-refractivity contribution in [3.63, 3.8) is 0 Å². The SMILES string of the molecule is O=C(N[C@H]1CC[NH+](Cc2ccccc2)C1)C1CCN(C(=O)Nc2ccccc2)CC1. The van der Waals surface area contributed by atoms with Gasteiger partial charge in [0.1, 0.15) is 6.54 Å². The molecule has 0 spiro atoms. The molecule has 2 atom stereocenters. The van der Waals surface area contributed by atoms with Gasteiger partial charge in [0.2, 0.25) is 5.91 Å². The average Bonchev–Trinajstić information content (AvgIpc) is 3.22. The van der Waals surface area contributed by atoms with Crippen LogP contribution in [0.1, 0.15) is 24.8 Å². The normalized spacial score (nSPS) is 21.9. The molecule has 0 bridgehead atoms. The minimum Gasteiger partial charge on any atom is -0.347 e. The zero-order chi connectivity index (χ0) is 20.8. The van der Waals surface area contributed by atoms with Gasteiger partial charge in [0.15, 0.2) is 0 Å². The van der Waals surface area contributed by atoms with Gasteiger partial charge in [-0.15, -0.1) is 0 Å². The summed E-state index contributed by atoms with van der Waals surface area (Å²) in [5, 5.41) is 6.19. The molecule has 2 aliphatic heterocycles. The van der Waals surface area contributed by atoms with Crippen molar-refractivity contribution in [3.05, 3.63) is 66.2 Å². The first kappa shape index (κ1) is 20.4. The molecule has 0 aliphatic carbocycles. The number of carbonyl (C=O) groups is 2. The Morgan fingerprint density at radius 3 is 2.30 bits per heavy atom. The summed E-state index contributed by atoms with van der Waals surface area (Å²) < 4.78 is 0. The molecule has 2 aromatic rings. The summed E-state index contributed by atoms with van der Waals surface area (Å²) in [5.74, 6) is 0.160. The second-order valence-electron chi connectivity index (χ2n) is 8.42. The summed E-state index contributed by atoms with van der Waals surface area (Å²) in [4.78, 5) is 28.5. The van der Waals surface area contributed by atoms with Crippen LogP contribution in [-0.2, 0) is 11.3 Å². The topological polar surface area (TPSA) is 65.9 Å². The van der Waals surface area contributed by atoms with Gasteiger partial charge >= 0.3 is 6.03 Å². The Morgan fingerprint density at radius 2 is 1.60 bits per heavy atom. The fourth-order valence-corrected chi connectivity index (χ4v) is 4.49. The maximum Gasteiger partial charge on any atom is 0.321 e. The largest absolute Gasteiger partial charge is 0.347 e. The Morgan fingerprint density at radius 1 is 0.933 bits per heavy atom. The number of anilines is 1. The van der Waals surface area contributed by atoms with Crippen LogP contribution < -0.4 is 15.5 Å². The molecule has 3 amide bonds. The van der Waals surface area contributed by atoms with E-state index in [1.807, 2.05) is 36.4 Å². The summed E-state index contributed by atoms with van der Waals surface area (Å²) >= 11 is 0. The van der Waals surface area contributed by atoms with E-state index in [0.29, 0.717) is 13.1 Å². The predicted molar refractivity (Wildman–Crippen MR) is 117 cm³/mol. The second kappa shape index (κ2) is 9.76. The fourth-order valence-electron chi connectivity index (χ4n) is 4.49. The minimum absolute atomic E-state index is 0.00366. The number of para-hydroxylation sites is 1. The monoisotopic (exact) mass is 407 g/mol. The van der Waals surface area contributed by atoms with E-state index in [1.54, 1.807) is 4.90 Å². The van der Waals surface area contributed by atoms with Crippen LogP contribution >= 0.6 is 0 Å². The van der Waals surface area contributed by atoms with Gasteiger partial charge in [-0.25, -0.2) is 4.79 Å². The number of piperidine rings is 1. The number of nitrogens with zero attached hydrogens (tertiary/aromatic N) is 1.